The third kappa shape index (κ3) is 13.8. The van der Waals surface area contributed by atoms with Gasteiger partial charge in [0.25, 0.3) is 0 Å². The van der Waals surface area contributed by atoms with Crippen LogP contribution in [0.1, 0.15) is 0 Å². The van der Waals surface area contributed by atoms with Crippen molar-refractivity contribution in [3.63, 3.8) is 0 Å². The first-order valence-electron chi connectivity index (χ1n) is 28.1. The van der Waals surface area contributed by atoms with Crippen LogP contribution in [0, 0.1) is 0 Å². The summed E-state index contributed by atoms with van der Waals surface area (Å²) < 4.78 is 91.1. The van der Waals surface area contributed by atoms with E-state index in [9.17, 15) is 123 Å². The van der Waals surface area contributed by atoms with E-state index in [1.165, 1.54) is 0 Å². The normalized spacial score (nSPS) is 55.4. The molecule has 0 radical (unpaired) electrons. The third-order valence-corrected chi connectivity index (χ3v) is 16.9. The van der Waals surface area contributed by atoms with Crippen LogP contribution in [0.5, 0.6) is 0 Å². The summed E-state index contributed by atoms with van der Waals surface area (Å²) >= 11 is 0. The minimum atomic E-state index is -2.25. The van der Waals surface area contributed by atoms with Crippen molar-refractivity contribution in [1.29, 1.82) is 0 Å². The maximum Gasteiger partial charge on any atom is 0.187 e. The second kappa shape index (κ2) is 30.0. The van der Waals surface area contributed by atoms with Crippen LogP contribution in [0.3, 0.4) is 0 Å². The SMILES string of the molecule is OC[C@H]1O[C@@H]2O[C@H]3[C@H](O)[C@H](O)[C@@H](O[C@H]4[C@H](O)[C@H](O)[C@@H](O[C@H]5[C@H](O)[C@H](O)[C@@H](O[C@H]6[C@H](O)[C@H](O)[C@@H](O[C@H]7[C@H](O)[C@H](O)[C@@H](O[C@H]8[C@H](O)[C@H](O)[C@@H](O[C@H]9[C@H](O)[C@H](O)[C@@H](O[C@H]1[C@H](O)[C@@H]2O)O[C@@H]9CO)O[C@@H]8CO)O[C@@H]7CO)O[C@@H]6CO)O[C@@H]5CO)O[C@@H]4CO)O[C@@H]3CO. The Bertz CT molecular complexity index is 1700. The molecule has 30 aliphatic heterocycles. The summed E-state index contributed by atoms with van der Waals surface area (Å²) in [5.41, 5.74) is 0. The average molecular weight is 1300 g/mol. The van der Waals surface area contributed by atoms with Gasteiger partial charge in [-0.2, -0.15) is 0 Å². The summed E-state index contributed by atoms with van der Waals surface area (Å²) in [6.45, 7) is -8.64. The molecule has 512 valence electrons. The van der Waals surface area contributed by atoms with Gasteiger partial charge < -0.3 is 198 Å². The molecule has 0 saturated carbocycles. The molecule has 0 aromatic rings. The highest BCUT2D eigenvalue weighted by Gasteiger charge is 2.60. The van der Waals surface area contributed by atoms with E-state index in [1.54, 1.807) is 0 Å². The predicted molar refractivity (Wildman–Crippen MR) is 261 cm³/mol. The lowest BCUT2D eigenvalue weighted by Crippen LogP contribution is -2.69. The van der Waals surface area contributed by atoms with E-state index < -0.39 is 299 Å². The monoisotopic (exact) mass is 1300 g/mol. The Labute approximate surface area is 496 Å². The molecule has 88 heavy (non-hydrogen) atoms. The zero-order valence-electron chi connectivity index (χ0n) is 46.0. The van der Waals surface area contributed by atoms with Gasteiger partial charge in [-0.3, -0.25) is 0 Å². The van der Waals surface area contributed by atoms with E-state index >= 15 is 0 Å². The van der Waals surface area contributed by atoms with Crippen molar-refractivity contribution in [2.45, 2.75) is 246 Å². The Morgan fingerprint density at radius 1 is 0.136 bits per heavy atom. The van der Waals surface area contributed by atoms with E-state index in [0.717, 1.165) is 0 Å². The Balaban J connectivity index is 0.975. The quantitative estimate of drug-likeness (QED) is 0.107. The van der Waals surface area contributed by atoms with Crippen molar-refractivity contribution in [3.05, 3.63) is 0 Å². The standard InChI is InChI=1S/C48H80O40/c49-1-9-33-17(57)25(65)41(73-9)82-34-10(2-50)75-43(27(67)19(34)59)84-36-12(4-52)77-45(29(69)21(36)61)86-38-14(6-54)79-47(31(71)23(38)63)88-40-16(8-56)80-48(32(72)24(40)64)87-39-15(7-55)78-46(30(70)22(39)62)85-37-13(5-53)76-44(28(68)20(37)60)83-35-11(3-51)74-42(81-33)26(66)18(35)58/h9-72H,1-8H2/t9-,10-,11-,12-,13-,14-,15-,16-,17-,18-,19-,20-,21-,22-,23-,24-,25+,26+,27+,28+,29+,30+,31+,32+,33-,34-,35-,36-,37-,38-,39-,40-,41-,42-,43-,44-,45-,46-,47-,48-/m1/s1. The second-order valence-electron chi connectivity index (χ2n) is 22.5. The third-order valence-electron chi connectivity index (χ3n) is 16.9. The number of ether oxygens (including phenoxy) is 16. The van der Waals surface area contributed by atoms with Crippen LogP contribution in [0.4, 0.5) is 0 Å². The van der Waals surface area contributed by atoms with Crippen molar-refractivity contribution < 1.29 is 198 Å². The fourth-order valence-electron chi connectivity index (χ4n) is 11.9. The number of aliphatic hydroxyl groups is 24. The number of hydrogen-bond donors (Lipinski definition) is 24. The highest BCUT2D eigenvalue weighted by atomic mass is 16.8. The first kappa shape index (κ1) is 70.7. The summed E-state index contributed by atoms with van der Waals surface area (Å²) in [5, 5.41) is 265. The maximum atomic E-state index is 11.4. The van der Waals surface area contributed by atoms with Crippen LogP contribution < -0.4 is 0 Å². The molecule has 24 N–H and O–H groups in total. The molecule has 30 rings (SSSR count). The lowest BCUT2D eigenvalue weighted by atomic mass is 9.94. The number of aliphatic hydroxyl groups excluding tert-OH is 24. The molecule has 0 aliphatic carbocycles. The molecule has 16 bridgehead atoms. The van der Waals surface area contributed by atoms with Gasteiger partial charge >= 0.3 is 0 Å². The van der Waals surface area contributed by atoms with E-state index in [-0.39, 0.29) is 0 Å². The lowest BCUT2D eigenvalue weighted by Gasteiger charge is -2.50. The molecule has 30 fully saturated rings. The molecule has 40 nitrogen and oxygen atoms in total. The molecule has 0 unspecified atom stereocenters. The molecule has 30 aliphatic rings. The van der Waals surface area contributed by atoms with E-state index in [4.69, 9.17) is 75.8 Å². The second-order valence-corrected chi connectivity index (χ2v) is 22.5. The number of hydrogen-bond acceptors (Lipinski definition) is 40. The Kier molecular flexibility index (Phi) is 24.1. The average Bonchev–Trinajstić information content (AvgIpc) is 1.09. The van der Waals surface area contributed by atoms with Gasteiger partial charge in [-0.25, -0.2) is 0 Å². The zero-order chi connectivity index (χ0) is 64.1. The predicted octanol–water partition coefficient (Wildman–Crippen LogP) is -17.4. The van der Waals surface area contributed by atoms with Crippen LogP contribution in [-0.2, 0) is 75.8 Å². The molecule has 0 spiro atoms. The van der Waals surface area contributed by atoms with Gasteiger partial charge in [0, 0.05) is 0 Å². The van der Waals surface area contributed by atoms with Crippen molar-refractivity contribution in [1.82, 2.24) is 0 Å². The van der Waals surface area contributed by atoms with Crippen LogP contribution in [0.2, 0.25) is 0 Å². The molecule has 40 heteroatoms. The summed E-state index contributed by atoms with van der Waals surface area (Å²) in [6.07, 6.45) is -82.0. The van der Waals surface area contributed by atoms with Crippen molar-refractivity contribution in [2.75, 3.05) is 52.9 Å². The summed E-state index contributed by atoms with van der Waals surface area (Å²) in [7, 11) is 0. The van der Waals surface area contributed by atoms with Crippen molar-refractivity contribution in [3.8, 4) is 0 Å². The Morgan fingerprint density at radius 3 is 0.307 bits per heavy atom. The van der Waals surface area contributed by atoms with Crippen LogP contribution in [-0.4, -0.2) is 421 Å². The van der Waals surface area contributed by atoms with Crippen molar-refractivity contribution >= 4 is 0 Å². The van der Waals surface area contributed by atoms with Gasteiger partial charge in [0.15, 0.2) is 50.3 Å². The molecule has 40 atom stereocenters. The Morgan fingerprint density at radius 2 is 0.227 bits per heavy atom. The lowest BCUT2D eigenvalue weighted by molar-refractivity contribution is -0.404. The van der Waals surface area contributed by atoms with Crippen LogP contribution >= 0.6 is 0 Å². The van der Waals surface area contributed by atoms with Gasteiger partial charge in [0.05, 0.1) is 52.9 Å². The van der Waals surface area contributed by atoms with E-state index in [1.807, 2.05) is 0 Å². The largest absolute Gasteiger partial charge is 0.394 e. The minimum absolute atomic E-state index is 1.08. The molecule has 30 saturated heterocycles. The van der Waals surface area contributed by atoms with Gasteiger partial charge in [-0.15, -0.1) is 0 Å². The molecule has 0 aromatic carbocycles. The highest BCUT2D eigenvalue weighted by molar-refractivity contribution is 5.02. The minimum Gasteiger partial charge on any atom is -0.394 e. The summed E-state index contributed by atoms with van der Waals surface area (Å²) in [4.78, 5) is 0. The molecular formula is C48H80O40. The van der Waals surface area contributed by atoms with Crippen LogP contribution in [0.15, 0.2) is 0 Å². The van der Waals surface area contributed by atoms with Gasteiger partial charge in [-0.1, -0.05) is 0 Å². The smallest absolute Gasteiger partial charge is 0.187 e. The van der Waals surface area contributed by atoms with Gasteiger partial charge in [0.1, 0.15) is 195 Å². The first-order chi connectivity index (χ1) is 41.9. The topological polar surface area (TPSA) is 633 Å². The number of rotatable bonds is 8. The first-order valence-corrected chi connectivity index (χ1v) is 28.1. The van der Waals surface area contributed by atoms with E-state index in [0.29, 0.717) is 0 Å². The molecule has 0 amide bonds. The van der Waals surface area contributed by atoms with Crippen molar-refractivity contribution in [2.24, 2.45) is 0 Å². The zero-order valence-corrected chi connectivity index (χ0v) is 46.0. The van der Waals surface area contributed by atoms with Gasteiger partial charge in [-0.05, 0) is 0 Å². The Hall–Kier alpha value is -1.60. The fraction of sp³-hybridized carbons (Fsp3) is 1.00. The summed E-state index contributed by atoms with van der Waals surface area (Å²) in [6, 6.07) is 0. The molecule has 30 heterocycles. The maximum absolute atomic E-state index is 11.4. The van der Waals surface area contributed by atoms with Crippen LogP contribution in [0.25, 0.3) is 0 Å². The molecule has 0 aromatic heterocycles. The summed E-state index contributed by atoms with van der Waals surface area (Å²) in [5.74, 6) is 0. The van der Waals surface area contributed by atoms with Gasteiger partial charge in [0.2, 0.25) is 0 Å². The molecular weight excluding hydrogens is 1220 g/mol. The van der Waals surface area contributed by atoms with E-state index in [2.05, 4.69) is 0 Å². The fourth-order valence-corrected chi connectivity index (χ4v) is 11.9. The highest BCUT2D eigenvalue weighted by Crippen LogP contribution is 2.40.